The van der Waals surface area contributed by atoms with Crippen LogP contribution in [0.1, 0.15) is 116 Å². The van der Waals surface area contributed by atoms with Crippen LogP contribution in [-0.4, -0.2) is 39.6 Å². The Labute approximate surface area is 537 Å². The van der Waals surface area contributed by atoms with Crippen molar-refractivity contribution >= 4 is 105 Å². The van der Waals surface area contributed by atoms with Gasteiger partial charge in [0, 0.05) is 70.7 Å². The number of rotatable bonds is 24. The van der Waals surface area contributed by atoms with Crippen molar-refractivity contribution in [1.82, 2.24) is 0 Å². The first-order chi connectivity index (χ1) is 44.4. The van der Waals surface area contributed by atoms with E-state index in [9.17, 15) is 0 Å². The van der Waals surface area contributed by atoms with Crippen LogP contribution >= 0.6 is 22.7 Å². The van der Waals surface area contributed by atoms with Crippen molar-refractivity contribution in [3.63, 3.8) is 0 Å². The van der Waals surface area contributed by atoms with Crippen LogP contribution in [0.4, 0.5) is 28.4 Å². The Morgan fingerprint density at radius 1 is 0.467 bits per heavy atom. The number of thiophene rings is 2. The highest BCUT2D eigenvalue weighted by Crippen LogP contribution is 2.51. The van der Waals surface area contributed by atoms with Gasteiger partial charge in [-0.05, 0) is 149 Å². The van der Waals surface area contributed by atoms with Crippen LogP contribution in [-0.2, 0) is 18.9 Å². The van der Waals surface area contributed by atoms with Gasteiger partial charge in [0.2, 0.25) is 0 Å². The molecule has 1 aliphatic carbocycles. The molecule has 3 aliphatic rings. The minimum absolute atomic E-state index is 0.328. The Bertz CT molecular complexity index is 4410. The Hall–Kier alpha value is -7.80. The van der Waals surface area contributed by atoms with Crippen molar-refractivity contribution in [3.05, 3.63) is 210 Å². The number of nitrogens with zero attached hydrogens (tertiary/aromatic N) is 2. The maximum absolute atomic E-state index is 7.04. The second kappa shape index (κ2) is 27.3. The van der Waals surface area contributed by atoms with Gasteiger partial charge in [-0.3, -0.25) is 0 Å². The first-order valence-electron chi connectivity index (χ1n) is 32.9. The first-order valence-corrected chi connectivity index (χ1v) is 34.5. The number of benzene rings is 9. The molecule has 11 aromatic rings. The summed E-state index contributed by atoms with van der Waals surface area (Å²) in [6.07, 6.45) is 12.8. The van der Waals surface area contributed by atoms with Crippen molar-refractivity contribution in [3.8, 4) is 32.4 Å². The van der Waals surface area contributed by atoms with Crippen molar-refractivity contribution < 1.29 is 28.4 Å². The Morgan fingerprint density at radius 3 is 1.44 bits per heavy atom. The SMILES string of the molecule is CCCCC(CC)COc1cc2c(cc1OCC(CC)CCCC)c1cc(-c3ccc(N(c4ccc(C5OCCO5)cc4)c4cccc5ccccc45)cc3)sc1c1sc(-c3ccc(N(C4=c5ccccc5=CCC4)c4ccc(C5OCCO5)cc4)cc3)cc21. The summed E-state index contributed by atoms with van der Waals surface area (Å²) in [7, 11) is 0. The zero-order chi connectivity index (χ0) is 60.9. The van der Waals surface area contributed by atoms with Crippen molar-refractivity contribution in [1.29, 1.82) is 0 Å². The number of ether oxygens (including phenoxy) is 6. The maximum atomic E-state index is 7.04. The summed E-state index contributed by atoms with van der Waals surface area (Å²) in [5.41, 5.74) is 11.2. The smallest absolute Gasteiger partial charge is 0.184 e. The fraction of sp³-hybridized carbons (Fsp3) is 0.300. The molecular formula is C80H80N2O6S2. The summed E-state index contributed by atoms with van der Waals surface area (Å²) in [5.74, 6) is 2.62. The molecule has 2 atom stereocenters. The van der Waals surface area contributed by atoms with Crippen LogP contribution in [0.2, 0.25) is 0 Å². The summed E-state index contributed by atoms with van der Waals surface area (Å²) in [6, 6.07) is 69.4. The fourth-order valence-corrected chi connectivity index (χ4v) is 15.9. The number of hydrogen-bond acceptors (Lipinski definition) is 10. The van der Waals surface area contributed by atoms with Gasteiger partial charge in [0.15, 0.2) is 24.1 Å². The van der Waals surface area contributed by atoms with Gasteiger partial charge in [-0.15, -0.1) is 22.7 Å². The van der Waals surface area contributed by atoms with E-state index in [0.29, 0.717) is 51.5 Å². The third kappa shape index (κ3) is 12.3. The van der Waals surface area contributed by atoms with E-state index in [1.807, 2.05) is 22.7 Å². The predicted octanol–water partition coefficient (Wildman–Crippen LogP) is 21.0. The van der Waals surface area contributed by atoms with Crippen LogP contribution in [0.15, 0.2) is 188 Å². The van der Waals surface area contributed by atoms with E-state index in [4.69, 9.17) is 28.4 Å². The molecule has 0 amide bonds. The number of hydrogen-bond donors (Lipinski definition) is 0. The zero-order valence-electron chi connectivity index (χ0n) is 52.3. The monoisotopic (exact) mass is 1230 g/mol. The van der Waals surface area contributed by atoms with Crippen molar-refractivity contribution in [2.45, 2.75) is 104 Å². The molecule has 0 radical (unpaired) electrons. The molecule has 8 nitrogen and oxygen atoms in total. The van der Waals surface area contributed by atoms with E-state index in [1.54, 1.807) is 0 Å². The van der Waals surface area contributed by atoms with Crippen LogP contribution in [0.3, 0.4) is 0 Å². The van der Waals surface area contributed by atoms with E-state index >= 15 is 0 Å². The van der Waals surface area contributed by atoms with Crippen molar-refractivity contribution in [2.75, 3.05) is 49.4 Å². The highest BCUT2D eigenvalue weighted by atomic mass is 32.1. The predicted molar refractivity (Wildman–Crippen MR) is 376 cm³/mol. The molecule has 2 saturated heterocycles. The molecule has 0 N–H and O–H groups in total. The van der Waals surface area contributed by atoms with Gasteiger partial charge >= 0.3 is 0 Å². The number of unbranched alkanes of at least 4 members (excludes halogenated alkanes) is 2. The summed E-state index contributed by atoms with van der Waals surface area (Å²) in [6.45, 7) is 12.9. The average molecular weight is 1230 g/mol. The Kier molecular flexibility index (Phi) is 18.2. The van der Waals surface area contributed by atoms with Crippen LogP contribution in [0.25, 0.3) is 74.4 Å². The molecule has 10 heteroatoms. The van der Waals surface area contributed by atoms with Gasteiger partial charge in [0.25, 0.3) is 0 Å². The molecule has 90 heavy (non-hydrogen) atoms. The summed E-state index contributed by atoms with van der Waals surface area (Å²) < 4.78 is 40.3. The molecule has 9 aromatic carbocycles. The summed E-state index contributed by atoms with van der Waals surface area (Å²) in [4.78, 5) is 7.27. The molecule has 0 saturated carbocycles. The van der Waals surface area contributed by atoms with E-state index in [2.05, 4.69) is 232 Å². The molecule has 14 rings (SSSR count). The lowest BCUT2D eigenvalue weighted by atomic mass is 9.99. The second-order valence-electron chi connectivity index (χ2n) is 24.4. The summed E-state index contributed by atoms with van der Waals surface area (Å²) >= 11 is 3.78. The maximum Gasteiger partial charge on any atom is 0.184 e. The van der Waals surface area contributed by atoms with Gasteiger partial charge in [0.1, 0.15) is 0 Å². The van der Waals surface area contributed by atoms with Crippen LogP contribution < -0.4 is 29.7 Å². The third-order valence-electron chi connectivity index (χ3n) is 18.6. The molecule has 2 aliphatic heterocycles. The minimum Gasteiger partial charge on any atom is -0.489 e. The number of fused-ring (bicyclic) bond motifs is 8. The highest BCUT2D eigenvalue weighted by Gasteiger charge is 2.26. The molecule has 0 spiro atoms. The fourth-order valence-electron chi connectivity index (χ4n) is 13.4. The molecule has 0 bridgehead atoms. The van der Waals surface area contributed by atoms with Gasteiger partial charge < -0.3 is 38.2 Å². The lowest BCUT2D eigenvalue weighted by Gasteiger charge is -2.30. The van der Waals surface area contributed by atoms with Gasteiger partial charge in [0.05, 0.1) is 54.7 Å². The zero-order valence-corrected chi connectivity index (χ0v) is 53.9. The number of anilines is 5. The first kappa shape index (κ1) is 59.8. The lowest BCUT2D eigenvalue weighted by Crippen LogP contribution is -2.34. The molecule has 4 heterocycles. The Morgan fingerprint density at radius 2 is 0.933 bits per heavy atom. The average Bonchev–Trinajstić information content (AvgIpc) is 1.55. The molecule has 2 fully saturated rings. The summed E-state index contributed by atoms with van der Waals surface area (Å²) in [5, 5.41) is 9.77. The highest BCUT2D eigenvalue weighted by molar-refractivity contribution is 7.30. The minimum atomic E-state index is -0.340. The van der Waals surface area contributed by atoms with Gasteiger partial charge in [-0.25, -0.2) is 0 Å². The molecule has 2 aromatic heterocycles. The topological polar surface area (TPSA) is 61.9 Å². The van der Waals surface area contributed by atoms with Crippen molar-refractivity contribution in [2.24, 2.45) is 11.8 Å². The Balaban J connectivity index is 0.886. The largest absolute Gasteiger partial charge is 0.489 e. The van der Waals surface area contributed by atoms with E-state index in [-0.39, 0.29) is 12.6 Å². The normalized spacial score (nSPS) is 15.2. The molecular weight excluding hydrogens is 1150 g/mol. The van der Waals surface area contributed by atoms with E-state index in [1.165, 1.54) is 104 Å². The standard InChI is InChI=1S/C80H80N2O6S2/c1-5-9-17-53(7-3)51-87-73-47-67-68(48-74(73)88-52-54(8-4)18-10-6-2)70-50-76(58-29-37-62(38-30-58)82(72-26-16-22-56-20-12-14-24-66(56)72)64-41-33-60(34-42-64)80-85-45-46-86-80)90-78(70)77-69(67)49-75(89-77)57-27-35-61(36-28-57)81(71-25-15-21-55-19-11-13-23-65(55)71)63-39-31-59(32-40-63)79-83-43-44-84-79/h11-15,19-25,27-42,47-50,53-54,79-80H,5-10,16-18,26,43-46,51-52H2,1-4H3. The van der Waals surface area contributed by atoms with E-state index < -0.39 is 0 Å². The third-order valence-corrected chi connectivity index (χ3v) is 21.1. The molecule has 458 valence electrons. The lowest BCUT2D eigenvalue weighted by molar-refractivity contribution is -0.0443. The van der Waals surface area contributed by atoms with Crippen LogP contribution in [0, 0.1) is 11.8 Å². The second-order valence-corrected chi connectivity index (χ2v) is 26.5. The van der Waals surface area contributed by atoms with Gasteiger partial charge in [-0.1, -0.05) is 181 Å². The van der Waals surface area contributed by atoms with Crippen LogP contribution in [0.5, 0.6) is 11.5 Å². The molecule has 2 unspecified atom stereocenters. The van der Waals surface area contributed by atoms with E-state index in [0.717, 1.165) is 89.6 Å². The quantitative estimate of drug-likeness (QED) is 0.0593. The van der Waals surface area contributed by atoms with Gasteiger partial charge in [-0.2, -0.15) is 0 Å².